The van der Waals surface area contributed by atoms with E-state index in [1.807, 2.05) is 20.8 Å². The number of aliphatic hydroxyl groups is 7. The Hall–Kier alpha value is -2.17. The van der Waals surface area contributed by atoms with Crippen LogP contribution < -0.4 is 0 Å². The van der Waals surface area contributed by atoms with Crippen LogP contribution in [-0.2, 0) is 44.7 Å². The minimum atomic E-state index is -1.85. The second kappa shape index (κ2) is 14.1. The van der Waals surface area contributed by atoms with Gasteiger partial charge in [0.15, 0.2) is 5.79 Å². The summed E-state index contributed by atoms with van der Waals surface area (Å²) in [6.45, 7) is 15.3. The van der Waals surface area contributed by atoms with Crippen LogP contribution in [0.5, 0.6) is 0 Å². The first-order valence-electron chi connectivity index (χ1n) is 26.0. The van der Waals surface area contributed by atoms with Gasteiger partial charge in [-0.2, -0.15) is 0 Å². The normalized spacial score (nSPS) is 54.0. The number of ether oxygens (including phenoxy) is 3. The van der Waals surface area contributed by atoms with E-state index in [0.29, 0.717) is 31.1 Å². The highest BCUT2D eigenvalue weighted by atomic mass is 16.7. The fraction of sp³-hybridized carbons (Fsp3) is 0.833. The van der Waals surface area contributed by atoms with Crippen molar-refractivity contribution in [2.24, 2.45) is 74.9 Å². The fourth-order valence-corrected chi connectivity index (χ4v) is 18.6. The van der Waals surface area contributed by atoms with Gasteiger partial charge in [0.05, 0.1) is 58.7 Å². The summed E-state index contributed by atoms with van der Waals surface area (Å²) in [5.41, 5.74) is 0.875. The molecule has 0 aromatic carbocycles. The van der Waals surface area contributed by atoms with Crippen molar-refractivity contribution in [1.29, 1.82) is 0 Å². The summed E-state index contributed by atoms with van der Waals surface area (Å²) < 4.78 is 19.3. The summed E-state index contributed by atoms with van der Waals surface area (Å²) >= 11 is 0. The Kier molecular flexibility index (Phi) is 9.65. The zero-order valence-electron chi connectivity index (χ0n) is 40.9. The average molecular weight is 929 g/mol. The van der Waals surface area contributed by atoms with Crippen molar-refractivity contribution in [1.82, 2.24) is 9.97 Å². The maximum Gasteiger partial charge on any atom is 0.201 e. The van der Waals surface area contributed by atoms with Gasteiger partial charge in [-0.1, -0.05) is 57.9 Å². The van der Waals surface area contributed by atoms with Crippen molar-refractivity contribution in [3.63, 3.8) is 0 Å². The standard InChI is InChI=1S/C54H76N2O11/c1-26-32-13-14-33-30-11-9-28-15-37-40(21-49(28,7)35(30)18-42(59)51(32,33)25-65-53(26,64)43(60)22-46(3,4)62)56-38-16-29-10-12-31-34(48(29,6)20-39(38)55-37)17-41(58)50(8)36(31)19-45-52(50,63)27(2)54(66-45)44(61)23-47(5,24-57)67-54/h14,19,26-32,34-35,41,43-45,57-58,60-64H,9-13,15-18,20-25H2,1-8H3/t26-,27-,28?,29?,30?,31?,32+,34?,35?,41+,43+,44+,45-,47-,48-,49-,50+,51+,52+,53?,54-/m0/s1. The van der Waals surface area contributed by atoms with Crippen molar-refractivity contribution >= 4 is 5.78 Å². The van der Waals surface area contributed by atoms with Gasteiger partial charge >= 0.3 is 0 Å². The lowest BCUT2D eigenvalue weighted by molar-refractivity contribution is -0.331. The molecule has 368 valence electrons. The number of carbonyl (C=O) groups is 1. The third kappa shape index (κ3) is 5.60. The molecule has 1 aromatic heterocycles. The largest absolute Gasteiger partial charge is 0.393 e. The number of ketones is 1. The molecular weight excluding hydrogens is 853 g/mol. The van der Waals surface area contributed by atoms with Gasteiger partial charge in [0.25, 0.3) is 0 Å². The highest BCUT2D eigenvalue weighted by molar-refractivity contribution is 5.91. The number of aliphatic hydroxyl groups excluding tert-OH is 4. The van der Waals surface area contributed by atoms with Crippen molar-refractivity contribution in [2.75, 3.05) is 13.2 Å². The summed E-state index contributed by atoms with van der Waals surface area (Å²) in [5.74, 6) is -3.04. The lowest BCUT2D eigenvalue weighted by Crippen LogP contribution is -2.65. The molecule has 7 fully saturated rings. The first-order chi connectivity index (χ1) is 31.3. The van der Waals surface area contributed by atoms with Crippen LogP contribution in [0.4, 0.5) is 0 Å². The molecule has 0 radical (unpaired) electrons. The van der Waals surface area contributed by atoms with E-state index in [1.54, 1.807) is 20.8 Å². The SMILES string of the molecule is C[C@@H]1[C@]2(O[C@H]3C=C4C5CCC6Cc7nc8c(nc7C[C@]6(C)C5C[C@@H](O)[C@]4(C)[C@]31O)CC1CCC3C4=CC[C@@H]5[C@H](C)C(O)([C@H](O)CC(C)(C)O)OC[C@]45C(=O)CC3[C@@]1(C)C8)O[C@](C)(CO)C[C@H]2O. The molecule has 12 rings (SSSR count). The summed E-state index contributed by atoms with van der Waals surface area (Å²) in [7, 11) is 0. The number of fused-ring (bicyclic) bond motifs is 13. The lowest BCUT2D eigenvalue weighted by Gasteiger charge is -2.61. The molecule has 7 N–H and O–H groups in total. The van der Waals surface area contributed by atoms with E-state index in [2.05, 4.69) is 26.0 Å². The third-order valence-corrected chi connectivity index (χ3v) is 22.5. The zero-order chi connectivity index (χ0) is 47.6. The van der Waals surface area contributed by atoms with Crippen LogP contribution in [0.3, 0.4) is 0 Å². The van der Waals surface area contributed by atoms with Crippen LogP contribution >= 0.6 is 0 Å². The second-order valence-corrected chi connectivity index (χ2v) is 26.0. The van der Waals surface area contributed by atoms with Gasteiger partial charge in [0, 0.05) is 36.5 Å². The summed E-state index contributed by atoms with van der Waals surface area (Å²) in [5, 5.41) is 80.4. The maximum atomic E-state index is 14.8. The molecule has 1 aromatic rings. The smallest absolute Gasteiger partial charge is 0.201 e. The van der Waals surface area contributed by atoms with E-state index >= 15 is 0 Å². The van der Waals surface area contributed by atoms with Crippen LogP contribution in [0.15, 0.2) is 23.3 Å². The molecule has 21 atom stereocenters. The lowest BCUT2D eigenvalue weighted by atomic mass is 9.44. The molecule has 67 heavy (non-hydrogen) atoms. The predicted molar refractivity (Wildman–Crippen MR) is 243 cm³/mol. The number of aromatic nitrogens is 2. The van der Waals surface area contributed by atoms with Gasteiger partial charge in [-0.05, 0) is 137 Å². The first kappa shape index (κ1) is 45.9. The molecule has 3 aliphatic heterocycles. The minimum Gasteiger partial charge on any atom is -0.393 e. The van der Waals surface area contributed by atoms with E-state index in [-0.39, 0.29) is 72.3 Å². The minimum absolute atomic E-state index is 0.0382. The van der Waals surface area contributed by atoms with Crippen molar-refractivity contribution in [2.45, 2.75) is 192 Å². The Balaban J connectivity index is 0.794. The summed E-state index contributed by atoms with van der Waals surface area (Å²) in [6, 6.07) is 0. The quantitative estimate of drug-likeness (QED) is 0.208. The molecule has 3 saturated heterocycles. The molecule has 0 bridgehead atoms. The monoisotopic (exact) mass is 929 g/mol. The molecule has 13 heteroatoms. The number of rotatable bonds is 4. The number of hydrogen-bond donors (Lipinski definition) is 7. The number of hydrogen-bond acceptors (Lipinski definition) is 13. The molecule has 8 aliphatic carbocycles. The molecule has 13 nitrogen and oxygen atoms in total. The Morgan fingerprint density at radius 2 is 1.45 bits per heavy atom. The zero-order valence-corrected chi connectivity index (χ0v) is 40.9. The Labute approximate surface area is 395 Å². The highest BCUT2D eigenvalue weighted by Gasteiger charge is 2.79. The average Bonchev–Trinajstić information content (AvgIpc) is 3.92. The van der Waals surface area contributed by atoms with E-state index in [4.69, 9.17) is 24.2 Å². The van der Waals surface area contributed by atoms with Crippen LogP contribution in [0, 0.1) is 74.9 Å². The molecule has 11 aliphatic rings. The van der Waals surface area contributed by atoms with Gasteiger partial charge in [0.1, 0.15) is 29.7 Å². The number of allylic oxidation sites excluding steroid dienone is 1. The molecular formula is C54H76N2O11. The molecule has 2 spiro atoms. The Morgan fingerprint density at radius 1 is 0.836 bits per heavy atom. The van der Waals surface area contributed by atoms with Gasteiger partial charge in [0.2, 0.25) is 5.79 Å². The van der Waals surface area contributed by atoms with Crippen LogP contribution in [0.25, 0.3) is 0 Å². The van der Waals surface area contributed by atoms with Gasteiger partial charge in [-0.15, -0.1) is 0 Å². The predicted octanol–water partition coefficient (Wildman–Crippen LogP) is 4.46. The Bertz CT molecular complexity index is 2370. The number of carbonyl (C=O) groups excluding carboxylic acids is 1. The second-order valence-electron chi connectivity index (χ2n) is 26.0. The van der Waals surface area contributed by atoms with E-state index < -0.39 is 75.5 Å². The molecule has 7 unspecified atom stereocenters. The highest BCUT2D eigenvalue weighted by Crippen LogP contribution is 2.72. The fourth-order valence-electron chi connectivity index (χ4n) is 18.6. The molecule has 0 amide bonds. The van der Waals surface area contributed by atoms with E-state index in [0.717, 1.165) is 79.7 Å². The number of nitrogens with zero attached hydrogens (tertiary/aromatic N) is 2. The summed E-state index contributed by atoms with van der Waals surface area (Å²) in [6.07, 6.45) is 9.46. The van der Waals surface area contributed by atoms with Crippen LogP contribution in [-0.4, -0.2) is 118 Å². The van der Waals surface area contributed by atoms with Crippen LogP contribution in [0.2, 0.25) is 0 Å². The molecule has 4 heterocycles. The maximum absolute atomic E-state index is 14.8. The number of Topliss-reactive ketones (excluding diaryl/α,β-unsaturated/α-hetero) is 1. The van der Waals surface area contributed by atoms with Crippen molar-refractivity contribution < 1.29 is 54.8 Å². The summed E-state index contributed by atoms with van der Waals surface area (Å²) in [4.78, 5) is 26.0. The Morgan fingerprint density at radius 3 is 2.04 bits per heavy atom. The van der Waals surface area contributed by atoms with Gasteiger partial charge < -0.3 is 50.0 Å². The van der Waals surface area contributed by atoms with Crippen molar-refractivity contribution in [3.8, 4) is 0 Å². The molecule has 4 saturated carbocycles. The topological polar surface area (TPSA) is 212 Å². The van der Waals surface area contributed by atoms with E-state index in [9.17, 15) is 40.5 Å². The van der Waals surface area contributed by atoms with Gasteiger partial charge in [-0.3, -0.25) is 14.8 Å². The first-order valence-corrected chi connectivity index (χ1v) is 26.0. The van der Waals surface area contributed by atoms with Crippen molar-refractivity contribution in [3.05, 3.63) is 46.1 Å². The van der Waals surface area contributed by atoms with Crippen LogP contribution in [0.1, 0.15) is 136 Å². The van der Waals surface area contributed by atoms with E-state index in [1.165, 1.54) is 5.57 Å². The van der Waals surface area contributed by atoms with Gasteiger partial charge in [-0.25, -0.2) is 0 Å². The third-order valence-electron chi connectivity index (χ3n) is 22.5.